The Kier molecular flexibility index (Phi) is 8.97. The minimum absolute atomic E-state index is 0. The van der Waals surface area contributed by atoms with Crippen molar-refractivity contribution in [3.63, 3.8) is 0 Å². The van der Waals surface area contributed by atoms with E-state index in [0.29, 0.717) is 24.8 Å². The van der Waals surface area contributed by atoms with Crippen molar-refractivity contribution in [3.8, 4) is 11.5 Å². The highest BCUT2D eigenvalue weighted by atomic mass is 127. The smallest absolute Gasteiger partial charge is 0.191 e. The SMILES string of the molecule is CCNC(=NCc1nnc2ccccn12)NCC(C)Oc1ccccc1OC.I. The van der Waals surface area contributed by atoms with Crippen LogP contribution < -0.4 is 20.1 Å². The number of rotatable bonds is 8. The van der Waals surface area contributed by atoms with Gasteiger partial charge in [0.1, 0.15) is 12.6 Å². The Morgan fingerprint density at radius 2 is 1.86 bits per heavy atom. The molecule has 0 radical (unpaired) electrons. The van der Waals surface area contributed by atoms with Crippen LogP contribution in [0.25, 0.3) is 5.65 Å². The highest BCUT2D eigenvalue weighted by Crippen LogP contribution is 2.26. The van der Waals surface area contributed by atoms with Gasteiger partial charge in [-0.25, -0.2) is 4.99 Å². The Hall–Kier alpha value is -2.56. The predicted octanol–water partition coefficient (Wildman–Crippen LogP) is 2.88. The number of nitrogens with one attached hydrogen (secondary N) is 2. The molecule has 0 saturated carbocycles. The van der Waals surface area contributed by atoms with E-state index in [1.807, 2.05) is 66.9 Å². The number of methoxy groups -OCH3 is 1. The zero-order chi connectivity index (χ0) is 19.8. The summed E-state index contributed by atoms with van der Waals surface area (Å²) >= 11 is 0. The molecule has 1 unspecified atom stereocenters. The van der Waals surface area contributed by atoms with E-state index in [1.54, 1.807) is 7.11 Å². The number of pyridine rings is 1. The lowest BCUT2D eigenvalue weighted by Crippen LogP contribution is -2.41. The van der Waals surface area contributed by atoms with Crippen molar-refractivity contribution in [1.29, 1.82) is 0 Å². The highest BCUT2D eigenvalue weighted by molar-refractivity contribution is 14.0. The van der Waals surface area contributed by atoms with Crippen LogP contribution in [0.15, 0.2) is 53.7 Å². The third kappa shape index (κ3) is 6.21. The first-order chi connectivity index (χ1) is 13.7. The maximum absolute atomic E-state index is 5.98. The molecule has 156 valence electrons. The number of hydrogen-bond donors (Lipinski definition) is 2. The molecule has 2 heterocycles. The molecule has 0 bridgehead atoms. The summed E-state index contributed by atoms with van der Waals surface area (Å²) in [6.45, 7) is 5.79. The fourth-order valence-corrected chi connectivity index (χ4v) is 2.71. The molecule has 29 heavy (non-hydrogen) atoms. The van der Waals surface area contributed by atoms with E-state index in [4.69, 9.17) is 9.47 Å². The van der Waals surface area contributed by atoms with Gasteiger partial charge in [0.05, 0.1) is 13.7 Å². The molecule has 0 aliphatic rings. The van der Waals surface area contributed by atoms with E-state index in [0.717, 1.165) is 23.8 Å². The molecule has 0 amide bonds. The molecular weight excluding hydrogens is 483 g/mol. The van der Waals surface area contributed by atoms with Gasteiger partial charge >= 0.3 is 0 Å². The molecule has 0 aliphatic carbocycles. The number of halogens is 1. The van der Waals surface area contributed by atoms with Gasteiger partial charge in [-0.05, 0) is 38.1 Å². The van der Waals surface area contributed by atoms with Crippen molar-refractivity contribution in [2.75, 3.05) is 20.2 Å². The molecule has 2 aromatic heterocycles. The summed E-state index contributed by atoms with van der Waals surface area (Å²) in [6, 6.07) is 13.4. The molecule has 9 heteroatoms. The van der Waals surface area contributed by atoms with Crippen LogP contribution in [0.5, 0.6) is 11.5 Å². The number of nitrogens with zero attached hydrogens (tertiary/aromatic N) is 4. The summed E-state index contributed by atoms with van der Waals surface area (Å²) in [7, 11) is 1.63. The Balaban J connectivity index is 0.00000300. The zero-order valence-corrected chi connectivity index (χ0v) is 19.2. The van der Waals surface area contributed by atoms with E-state index in [-0.39, 0.29) is 30.1 Å². The standard InChI is InChI=1S/C20H26N6O2.HI/c1-4-21-20(23-14-19-25-24-18-11-7-8-12-26(18)19)22-13-15(2)28-17-10-6-5-9-16(17)27-3;/h5-12,15H,4,13-14H2,1-3H3,(H2,21,22,23);1H. The minimum Gasteiger partial charge on any atom is -0.493 e. The van der Waals surface area contributed by atoms with Gasteiger partial charge in [-0.1, -0.05) is 18.2 Å². The fraction of sp³-hybridized carbons (Fsp3) is 0.350. The summed E-state index contributed by atoms with van der Waals surface area (Å²) in [5, 5.41) is 14.9. The van der Waals surface area contributed by atoms with E-state index in [9.17, 15) is 0 Å². The molecule has 1 atom stereocenters. The molecule has 1 aromatic carbocycles. The predicted molar refractivity (Wildman–Crippen MR) is 124 cm³/mol. The van der Waals surface area contributed by atoms with Gasteiger partial charge in [0, 0.05) is 12.7 Å². The molecule has 2 N–H and O–H groups in total. The molecule has 0 saturated heterocycles. The van der Waals surface area contributed by atoms with E-state index in [1.165, 1.54) is 0 Å². The van der Waals surface area contributed by atoms with Crippen LogP contribution in [-0.4, -0.2) is 46.9 Å². The van der Waals surface area contributed by atoms with E-state index in [2.05, 4.69) is 25.8 Å². The van der Waals surface area contributed by atoms with Crippen LogP contribution in [0.4, 0.5) is 0 Å². The Morgan fingerprint density at radius 1 is 1.10 bits per heavy atom. The third-order valence-electron chi connectivity index (χ3n) is 4.06. The minimum atomic E-state index is -0.0749. The molecule has 3 rings (SSSR count). The van der Waals surface area contributed by atoms with Crippen molar-refractivity contribution in [2.24, 2.45) is 4.99 Å². The Morgan fingerprint density at radius 3 is 2.62 bits per heavy atom. The largest absolute Gasteiger partial charge is 0.493 e. The van der Waals surface area contributed by atoms with Crippen LogP contribution in [0, 0.1) is 0 Å². The second-order valence-corrected chi connectivity index (χ2v) is 6.20. The number of aromatic nitrogens is 3. The third-order valence-corrected chi connectivity index (χ3v) is 4.06. The van der Waals surface area contributed by atoms with Gasteiger partial charge < -0.3 is 20.1 Å². The topological polar surface area (TPSA) is 85.1 Å². The van der Waals surface area contributed by atoms with E-state index < -0.39 is 0 Å². The Labute approximate surface area is 187 Å². The van der Waals surface area contributed by atoms with Gasteiger partial charge in [0.2, 0.25) is 0 Å². The van der Waals surface area contributed by atoms with Gasteiger partial charge in [-0.15, -0.1) is 34.2 Å². The average Bonchev–Trinajstić information content (AvgIpc) is 3.13. The number of ether oxygens (including phenoxy) is 2. The molecule has 0 spiro atoms. The van der Waals surface area contributed by atoms with Gasteiger partial charge in [-0.2, -0.15) is 0 Å². The molecule has 8 nitrogen and oxygen atoms in total. The van der Waals surface area contributed by atoms with Crippen LogP contribution >= 0.6 is 24.0 Å². The van der Waals surface area contributed by atoms with Crippen LogP contribution in [0.3, 0.4) is 0 Å². The first kappa shape index (κ1) is 22.7. The van der Waals surface area contributed by atoms with Crippen molar-refractivity contribution in [1.82, 2.24) is 25.2 Å². The first-order valence-corrected chi connectivity index (χ1v) is 9.31. The number of para-hydroxylation sites is 2. The average molecular weight is 510 g/mol. The maximum atomic E-state index is 5.98. The molecular formula is C20H27IN6O2. The summed E-state index contributed by atoms with van der Waals surface area (Å²) < 4.78 is 13.2. The van der Waals surface area contributed by atoms with Crippen LogP contribution in [-0.2, 0) is 6.54 Å². The van der Waals surface area contributed by atoms with E-state index >= 15 is 0 Å². The summed E-state index contributed by atoms with van der Waals surface area (Å²) in [5.41, 5.74) is 0.810. The lowest BCUT2D eigenvalue weighted by Gasteiger charge is -2.19. The second-order valence-electron chi connectivity index (χ2n) is 6.20. The number of benzene rings is 1. The molecule has 3 aromatic rings. The summed E-state index contributed by atoms with van der Waals surface area (Å²) in [6.07, 6.45) is 1.86. The van der Waals surface area contributed by atoms with Crippen molar-refractivity contribution >= 4 is 35.6 Å². The van der Waals surface area contributed by atoms with Crippen molar-refractivity contribution < 1.29 is 9.47 Å². The molecule has 0 aliphatic heterocycles. The number of guanidine groups is 1. The second kappa shape index (κ2) is 11.4. The lowest BCUT2D eigenvalue weighted by atomic mass is 10.3. The normalized spacial score (nSPS) is 12.2. The number of aliphatic imine (C=N–C) groups is 1. The van der Waals surface area contributed by atoms with Crippen molar-refractivity contribution in [2.45, 2.75) is 26.5 Å². The van der Waals surface area contributed by atoms with Crippen LogP contribution in [0.1, 0.15) is 19.7 Å². The Bertz CT molecular complexity index is 930. The first-order valence-electron chi connectivity index (χ1n) is 9.31. The zero-order valence-electron chi connectivity index (χ0n) is 16.8. The lowest BCUT2D eigenvalue weighted by molar-refractivity contribution is 0.213. The maximum Gasteiger partial charge on any atom is 0.191 e. The van der Waals surface area contributed by atoms with Gasteiger partial charge in [0.25, 0.3) is 0 Å². The summed E-state index contributed by atoms with van der Waals surface area (Å²) in [4.78, 5) is 4.61. The molecule has 0 fully saturated rings. The van der Waals surface area contributed by atoms with Gasteiger partial charge in [-0.3, -0.25) is 4.40 Å². The summed E-state index contributed by atoms with van der Waals surface area (Å²) in [5.74, 6) is 2.92. The van der Waals surface area contributed by atoms with Crippen LogP contribution in [0.2, 0.25) is 0 Å². The highest BCUT2D eigenvalue weighted by Gasteiger charge is 2.10. The van der Waals surface area contributed by atoms with Crippen molar-refractivity contribution in [3.05, 3.63) is 54.5 Å². The fourth-order valence-electron chi connectivity index (χ4n) is 2.71. The number of fused-ring (bicyclic) bond motifs is 1. The van der Waals surface area contributed by atoms with Gasteiger partial charge in [0.15, 0.2) is 28.9 Å². The quantitative estimate of drug-likeness (QED) is 0.276. The number of hydrogen-bond acceptors (Lipinski definition) is 5. The monoisotopic (exact) mass is 510 g/mol.